The Labute approximate surface area is 122 Å². The van der Waals surface area contributed by atoms with E-state index in [1.54, 1.807) is 6.20 Å². The van der Waals surface area contributed by atoms with Gasteiger partial charge in [0.15, 0.2) is 5.15 Å². The van der Waals surface area contributed by atoms with E-state index in [-0.39, 0.29) is 0 Å². The van der Waals surface area contributed by atoms with E-state index in [0.29, 0.717) is 17.6 Å². The molecule has 0 aliphatic heterocycles. The third-order valence-electron chi connectivity index (χ3n) is 3.04. The topological polar surface area (TPSA) is 35.0 Å². The third-order valence-corrected chi connectivity index (χ3v) is 3.22. The summed E-state index contributed by atoms with van der Waals surface area (Å²) in [7, 11) is 0. The van der Waals surface area contributed by atoms with Crippen LogP contribution in [0, 0.1) is 0 Å². The molecule has 0 spiro atoms. The lowest BCUT2D eigenvalue weighted by molar-refractivity contribution is 0.308. The predicted molar refractivity (Wildman–Crippen MR) is 80.2 cm³/mol. The van der Waals surface area contributed by atoms with Crippen LogP contribution in [0.1, 0.15) is 5.56 Å². The number of fused-ring (bicyclic) bond motifs is 1. The molecular formula is C16H13ClN2O. The van der Waals surface area contributed by atoms with Gasteiger partial charge in [-0.1, -0.05) is 54.1 Å². The van der Waals surface area contributed by atoms with Crippen molar-refractivity contribution in [1.29, 1.82) is 0 Å². The molecule has 20 heavy (non-hydrogen) atoms. The van der Waals surface area contributed by atoms with Gasteiger partial charge in [-0.15, -0.1) is 0 Å². The average molecular weight is 285 g/mol. The maximum atomic E-state index is 5.75. The molecule has 0 aliphatic carbocycles. The zero-order chi connectivity index (χ0) is 13.8. The smallest absolute Gasteiger partial charge is 0.233 e. The largest absolute Gasteiger partial charge is 0.476 e. The number of hydrogen-bond donors (Lipinski definition) is 0. The summed E-state index contributed by atoms with van der Waals surface area (Å²) in [6.07, 6.45) is 3.86. The maximum Gasteiger partial charge on any atom is 0.233 e. The van der Waals surface area contributed by atoms with Crippen molar-refractivity contribution in [2.45, 2.75) is 6.42 Å². The Morgan fingerprint density at radius 2 is 1.85 bits per heavy atom. The van der Waals surface area contributed by atoms with Gasteiger partial charge in [-0.3, -0.25) is 4.98 Å². The van der Waals surface area contributed by atoms with Crippen molar-refractivity contribution < 1.29 is 4.74 Å². The Hall–Kier alpha value is -2.13. The van der Waals surface area contributed by atoms with Crippen LogP contribution in [-0.2, 0) is 6.42 Å². The summed E-state index contributed by atoms with van der Waals surface area (Å²) in [4.78, 5) is 7.97. The highest BCUT2D eigenvalue weighted by Crippen LogP contribution is 2.16. The van der Waals surface area contributed by atoms with Crippen molar-refractivity contribution >= 4 is 22.4 Å². The molecule has 0 N–H and O–H groups in total. The molecule has 1 heterocycles. The molecule has 100 valence electrons. The fourth-order valence-electron chi connectivity index (χ4n) is 2.06. The second kappa shape index (κ2) is 5.88. The molecule has 0 bridgehead atoms. The zero-order valence-electron chi connectivity index (χ0n) is 10.8. The summed E-state index contributed by atoms with van der Waals surface area (Å²) < 4.78 is 5.54. The normalized spacial score (nSPS) is 10.7. The average Bonchev–Trinajstić information content (AvgIpc) is 2.47. The van der Waals surface area contributed by atoms with Gasteiger partial charge in [-0.05, 0) is 16.3 Å². The van der Waals surface area contributed by atoms with Crippen LogP contribution in [0.5, 0.6) is 5.88 Å². The van der Waals surface area contributed by atoms with Gasteiger partial charge in [0.1, 0.15) is 0 Å². The van der Waals surface area contributed by atoms with E-state index in [1.807, 2.05) is 12.1 Å². The molecule has 0 saturated carbocycles. The van der Waals surface area contributed by atoms with Crippen LogP contribution < -0.4 is 4.74 Å². The second-order valence-corrected chi connectivity index (χ2v) is 4.85. The van der Waals surface area contributed by atoms with Crippen molar-refractivity contribution in [1.82, 2.24) is 9.97 Å². The fourth-order valence-corrected chi connectivity index (χ4v) is 2.20. The van der Waals surface area contributed by atoms with Crippen molar-refractivity contribution in [3.63, 3.8) is 0 Å². The highest BCUT2D eigenvalue weighted by atomic mass is 35.5. The van der Waals surface area contributed by atoms with Crippen molar-refractivity contribution in [2.24, 2.45) is 0 Å². The van der Waals surface area contributed by atoms with E-state index in [0.717, 1.165) is 6.42 Å². The molecule has 0 unspecified atom stereocenters. The van der Waals surface area contributed by atoms with Crippen LogP contribution in [0.4, 0.5) is 0 Å². The first-order valence-electron chi connectivity index (χ1n) is 6.39. The van der Waals surface area contributed by atoms with Gasteiger partial charge in [-0.25, -0.2) is 0 Å². The molecule has 0 atom stereocenters. The number of hydrogen-bond acceptors (Lipinski definition) is 3. The molecule has 4 heteroatoms. The van der Waals surface area contributed by atoms with Crippen molar-refractivity contribution in [3.8, 4) is 5.88 Å². The molecule has 3 nitrogen and oxygen atoms in total. The van der Waals surface area contributed by atoms with Crippen LogP contribution in [0.25, 0.3) is 10.8 Å². The summed E-state index contributed by atoms with van der Waals surface area (Å²) in [5, 5.41) is 2.83. The molecule has 3 aromatic rings. The standard InChI is InChI=1S/C16H13ClN2O/c17-15-10-18-11-16(19-15)20-8-7-12-5-6-13-3-1-2-4-14(13)9-12/h1-6,9-11H,7-8H2. The first kappa shape index (κ1) is 12.9. The number of rotatable bonds is 4. The predicted octanol–water partition coefficient (Wildman–Crippen LogP) is 3.90. The summed E-state index contributed by atoms with van der Waals surface area (Å²) in [5.74, 6) is 0.457. The number of nitrogens with zero attached hydrogens (tertiary/aromatic N) is 2. The van der Waals surface area contributed by atoms with Gasteiger partial charge in [-0.2, -0.15) is 4.98 Å². The zero-order valence-corrected chi connectivity index (χ0v) is 11.5. The maximum absolute atomic E-state index is 5.75. The van der Waals surface area contributed by atoms with Crippen LogP contribution in [-0.4, -0.2) is 16.6 Å². The SMILES string of the molecule is Clc1cncc(OCCc2ccc3ccccc3c2)n1. The number of aromatic nitrogens is 2. The van der Waals surface area contributed by atoms with E-state index < -0.39 is 0 Å². The molecule has 0 radical (unpaired) electrons. The van der Waals surface area contributed by atoms with Crippen LogP contribution in [0.15, 0.2) is 54.9 Å². The highest BCUT2D eigenvalue weighted by molar-refractivity contribution is 6.29. The van der Waals surface area contributed by atoms with E-state index in [4.69, 9.17) is 16.3 Å². The van der Waals surface area contributed by atoms with Gasteiger partial charge < -0.3 is 4.74 Å². The number of benzene rings is 2. The first-order valence-corrected chi connectivity index (χ1v) is 6.77. The van der Waals surface area contributed by atoms with Gasteiger partial charge in [0.25, 0.3) is 0 Å². The Kier molecular flexibility index (Phi) is 3.79. The van der Waals surface area contributed by atoms with Crippen molar-refractivity contribution in [2.75, 3.05) is 6.61 Å². The van der Waals surface area contributed by atoms with E-state index in [2.05, 4.69) is 40.3 Å². The summed E-state index contributed by atoms with van der Waals surface area (Å²) in [5.41, 5.74) is 1.23. The van der Waals surface area contributed by atoms with Gasteiger partial charge in [0.05, 0.1) is 19.0 Å². The molecule has 0 saturated heterocycles. The fraction of sp³-hybridized carbons (Fsp3) is 0.125. The number of ether oxygens (including phenoxy) is 1. The lowest BCUT2D eigenvalue weighted by atomic mass is 10.1. The minimum absolute atomic E-state index is 0.341. The summed E-state index contributed by atoms with van der Waals surface area (Å²) in [6.45, 7) is 0.549. The highest BCUT2D eigenvalue weighted by Gasteiger charge is 2.00. The Balaban J connectivity index is 1.65. The molecule has 2 aromatic carbocycles. The van der Waals surface area contributed by atoms with E-state index in [9.17, 15) is 0 Å². The molecular weight excluding hydrogens is 272 g/mol. The summed E-state index contributed by atoms with van der Waals surface area (Å²) in [6, 6.07) is 14.7. The van der Waals surface area contributed by atoms with Gasteiger partial charge in [0, 0.05) is 6.42 Å². The Bertz CT molecular complexity index is 730. The molecule has 0 aliphatic rings. The van der Waals surface area contributed by atoms with Crippen LogP contribution in [0.2, 0.25) is 5.15 Å². The van der Waals surface area contributed by atoms with E-state index >= 15 is 0 Å². The summed E-state index contributed by atoms with van der Waals surface area (Å²) >= 11 is 5.75. The lowest BCUT2D eigenvalue weighted by Gasteiger charge is -2.06. The minimum atomic E-state index is 0.341. The monoisotopic (exact) mass is 284 g/mol. The van der Waals surface area contributed by atoms with E-state index in [1.165, 1.54) is 22.5 Å². The quantitative estimate of drug-likeness (QED) is 0.729. The molecule has 0 amide bonds. The molecule has 1 aromatic heterocycles. The van der Waals surface area contributed by atoms with Crippen LogP contribution >= 0.6 is 11.6 Å². The molecule has 3 rings (SSSR count). The Morgan fingerprint density at radius 1 is 1.00 bits per heavy atom. The van der Waals surface area contributed by atoms with Gasteiger partial charge >= 0.3 is 0 Å². The molecule has 0 fully saturated rings. The first-order chi connectivity index (χ1) is 9.81. The van der Waals surface area contributed by atoms with Crippen LogP contribution in [0.3, 0.4) is 0 Å². The van der Waals surface area contributed by atoms with Crippen molar-refractivity contribution in [3.05, 3.63) is 65.6 Å². The Morgan fingerprint density at radius 3 is 2.70 bits per heavy atom. The number of halogens is 1. The third kappa shape index (κ3) is 3.06. The second-order valence-electron chi connectivity index (χ2n) is 4.46. The van der Waals surface area contributed by atoms with Gasteiger partial charge in [0.2, 0.25) is 5.88 Å². The lowest BCUT2D eigenvalue weighted by Crippen LogP contribution is -2.03. The minimum Gasteiger partial charge on any atom is -0.476 e.